The van der Waals surface area contributed by atoms with E-state index in [2.05, 4.69) is 13.8 Å². The highest BCUT2D eigenvalue weighted by molar-refractivity contribution is 5.10. The monoisotopic (exact) mass is 308 g/mol. The summed E-state index contributed by atoms with van der Waals surface area (Å²) in [5.41, 5.74) is 0.0527. The van der Waals surface area contributed by atoms with Crippen molar-refractivity contribution in [2.75, 3.05) is 0 Å². The molecule has 5 atom stereocenters. The van der Waals surface area contributed by atoms with Crippen molar-refractivity contribution in [2.45, 2.75) is 96.7 Å². The van der Waals surface area contributed by atoms with Gasteiger partial charge in [-0.1, -0.05) is 39.5 Å². The summed E-state index contributed by atoms with van der Waals surface area (Å²) in [6, 6.07) is 0. The zero-order chi connectivity index (χ0) is 15.7. The van der Waals surface area contributed by atoms with Crippen LogP contribution >= 0.6 is 0 Å². The first-order chi connectivity index (χ1) is 10.6. The van der Waals surface area contributed by atoms with Gasteiger partial charge < -0.3 is 10.2 Å². The van der Waals surface area contributed by atoms with Crippen molar-refractivity contribution in [3.8, 4) is 0 Å². The molecule has 0 heterocycles. The van der Waals surface area contributed by atoms with Crippen LogP contribution in [0, 0.1) is 29.1 Å². The smallest absolute Gasteiger partial charge is 0.0600 e. The molecule has 2 heteroatoms. The molecule has 0 aromatic carbocycles. The highest BCUT2D eigenvalue weighted by atomic mass is 16.3. The van der Waals surface area contributed by atoms with E-state index >= 15 is 0 Å². The van der Waals surface area contributed by atoms with Crippen molar-refractivity contribution in [1.29, 1.82) is 0 Å². The van der Waals surface area contributed by atoms with Crippen LogP contribution in [0.5, 0.6) is 0 Å². The first-order valence-corrected chi connectivity index (χ1v) is 9.96. The van der Waals surface area contributed by atoms with E-state index in [1.807, 2.05) is 0 Å². The van der Waals surface area contributed by atoms with Crippen molar-refractivity contribution in [3.63, 3.8) is 0 Å². The Bertz CT molecular complexity index is 353. The Kier molecular flexibility index (Phi) is 5.19. The molecule has 4 rings (SSSR count). The zero-order valence-corrected chi connectivity index (χ0v) is 14.6. The Balaban J connectivity index is 1.81. The number of rotatable bonds is 8. The fraction of sp³-hybridized carbons (Fsp3) is 1.00. The Morgan fingerprint density at radius 3 is 2.09 bits per heavy atom. The maximum Gasteiger partial charge on any atom is 0.0600 e. The molecule has 4 aliphatic rings. The van der Waals surface area contributed by atoms with Crippen molar-refractivity contribution in [1.82, 2.24) is 0 Å². The van der Waals surface area contributed by atoms with E-state index in [-0.39, 0.29) is 17.6 Å². The van der Waals surface area contributed by atoms with Gasteiger partial charge in [-0.2, -0.15) is 0 Å². The van der Waals surface area contributed by atoms with Crippen LogP contribution in [0.4, 0.5) is 0 Å². The van der Waals surface area contributed by atoms with Crippen molar-refractivity contribution >= 4 is 0 Å². The van der Waals surface area contributed by atoms with Gasteiger partial charge in [0.05, 0.1) is 12.2 Å². The number of aliphatic hydroxyl groups is 2. The van der Waals surface area contributed by atoms with Gasteiger partial charge in [0.1, 0.15) is 0 Å². The molecule has 4 aliphatic carbocycles. The standard InChI is InChI=1S/C20H36O2/c1-3-5-7-17(21)19-16-10-14-9-15(11-16)13-20(19,12-14)18(22)8-6-4-2/h14-19,21-22H,3-13H2,1-2H3. The molecule has 0 radical (unpaired) electrons. The predicted molar refractivity (Wildman–Crippen MR) is 90.5 cm³/mol. The molecular weight excluding hydrogens is 272 g/mol. The second kappa shape index (κ2) is 6.81. The quantitative estimate of drug-likeness (QED) is 0.691. The van der Waals surface area contributed by atoms with Crippen LogP contribution in [0.2, 0.25) is 0 Å². The molecule has 128 valence electrons. The Morgan fingerprint density at radius 2 is 1.50 bits per heavy atom. The van der Waals surface area contributed by atoms with Gasteiger partial charge >= 0.3 is 0 Å². The summed E-state index contributed by atoms with van der Waals surface area (Å²) in [4.78, 5) is 0. The minimum Gasteiger partial charge on any atom is -0.393 e. The molecule has 0 aliphatic heterocycles. The third kappa shape index (κ3) is 2.86. The van der Waals surface area contributed by atoms with Crippen LogP contribution < -0.4 is 0 Å². The topological polar surface area (TPSA) is 40.5 Å². The molecule has 2 N–H and O–H groups in total. The second-order valence-corrected chi connectivity index (χ2v) is 8.73. The molecule has 4 fully saturated rings. The van der Waals surface area contributed by atoms with Gasteiger partial charge in [-0.25, -0.2) is 0 Å². The summed E-state index contributed by atoms with van der Waals surface area (Å²) in [5, 5.41) is 22.0. The van der Waals surface area contributed by atoms with Crippen molar-refractivity contribution in [3.05, 3.63) is 0 Å². The number of hydrogen-bond donors (Lipinski definition) is 2. The molecule has 5 unspecified atom stereocenters. The van der Waals surface area contributed by atoms with Gasteiger partial charge in [0.15, 0.2) is 0 Å². The summed E-state index contributed by atoms with van der Waals surface area (Å²) in [5.74, 6) is 2.74. The third-order valence-electron chi connectivity index (χ3n) is 7.21. The largest absolute Gasteiger partial charge is 0.393 e. The molecular formula is C20H36O2. The zero-order valence-electron chi connectivity index (χ0n) is 14.6. The van der Waals surface area contributed by atoms with Gasteiger partial charge in [-0.05, 0) is 68.6 Å². The van der Waals surface area contributed by atoms with Gasteiger partial charge in [-0.3, -0.25) is 0 Å². The van der Waals surface area contributed by atoms with E-state index in [4.69, 9.17) is 0 Å². The lowest BCUT2D eigenvalue weighted by Gasteiger charge is -2.64. The second-order valence-electron chi connectivity index (χ2n) is 8.73. The summed E-state index contributed by atoms with van der Waals surface area (Å²) in [6.45, 7) is 4.41. The lowest BCUT2D eigenvalue weighted by atomic mass is 9.42. The maximum atomic E-state index is 11.1. The van der Waals surface area contributed by atoms with Crippen LogP contribution in [0.3, 0.4) is 0 Å². The third-order valence-corrected chi connectivity index (χ3v) is 7.21. The molecule has 0 saturated heterocycles. The highest BCUT2D eigenvalue weighted by Crippen LogP contribution is 2.65. The van der Waals surface area contributed by atoms with Gasteiger partial charge in [-0.15, -0.1) is 0 Å². The predicted octanol–water partition coefficient (Wildman–Crippen LogP) is 4.53. The molecule has 4 saturated carbocycles. The fourth-order valence-corrected chi connectivity index (χ4v) is 6.61. The molecule has 4 bridgehead atoms. The fourth-order valence-electron chi connectivity index (χ4n) is 6.61. The molecule has 0 aromatic heterocycles. The van der Waals surface area contributed by atoms with E-state index in [9.17, 15) is 10.2 Å². The van der Waals surface area contributed by atoms with Crippen LogP contribution in [-0.2, 0) is 0 Å². The summed E-state index contributed by atoms with van der Waals surface area (Å²) < 4.78 is 0. The average molecular weight is 309 g/mol. The highest BCUT2D eigenvalue weighted by Gasteiger charge is 2.60. The molecule has 0 aromatic rings. The van der Waals surface area contributed by atoms with E-state index in [0.717, 1.165) is 50.4 Å². The first-order valence-electron chi connectivity index (χ1n) is 9.96. The minimum absolute atomic E-state index is 0.0527. The van der Waals surface area contributed by atoms with E-state index in [1.54, 1.807) is 0 Å². The van der Waals surface area contributed by atoms with E-state index < -0.39 is 0 Å². The lowest BCUT2D eigenvalue weighted by Crippen LogP contribution is -2.60. The SMILES string of the molecule is CCCCC(O)C1C2CC3CC(C2)CC1(C(O)CCCC)C3. The summed E-state index contributed by atoms with van der Waals surface area (Å²) >= 11 is 0. The Morgan fingerprint density at radius 1 is 0.909 bits per heavy atom. The molecule has 0 amide bonds. The number of aliphatic hydroxyl groups excluding tert-OH is 2. The first kappa shape index (κ1) is 16.8. The van der Waals surface area contributed by atoms with Gasteiger partial charge in [0, 0.05) is 5.41 Å². The van der Waals surface area contributed by atoms with E-state index in [1.165, 1.54) is 32.1 Å². The van der Waals surface area contributed by atoms with Crippen molar-refractivity contribution in [2.24, 2.45) is 29.1 Å². The molecule has 22 heavy (non-hydrogen) atoms. The minimum atomic E-state index is -0.179. The van der Waals surface area contributed by atoms with Gasteiger partial charge in [0.25, 0.3) is 0 Å². The van der Waals surface area contributed by atoms with Crippen LogP contribution in [0.1, 0.15) is 84.5 Å². The average Bonchev–Trinajstić information content (AvgIpc) is 2.49. The number of hydrogen-bond acceptors (Lipinski definition) is 2. The van der Waals surface area contributed by atoms with Gasteiger partial charge in [0.2, 0.25) is 0 Å². The van der Waals surface area contributed by atoms with Crippen LogP contribution in [0.15, 0.2) is 0 Å². The Labute approximate surface area is 136 Å². The maximum absolute atomic E-state index is 11.1. The van der Waals surface area contributed by atoms with E-state index in [0.29, 0.717) is 11.8 Å². The lowest BCUT2D eigenvalue weighted by molar-refractivity contribution is -0.198. The van der Waals surface area contributed by atoms with Crippen molar-refractivity contribution < 1.29 is 10.2 Å². The molecule has 2 nitrogen and oxygen atoms in total. The normalized spacial score (nSPS) is 42.5. The van der Waals surface area contributed by atoms with Crippen LogP contribution in [0.25, 0.3) is 0 Å². The summed E-state index contributed by atoms with van der Waals surface area (Å²) in [6.07, 6.45) is 12.5. The molecule has 0 spiro atoms. The summed E-state index contributed by atoms with van der Waals surface area (Å²) in [7, 11) is 0. The number of unbranched alkanes of at least 4 members (excludes halogenated alkanes) is 2. The Hall–Kier alpha value is -0.0800. The van der Waals surface area contributed by atoms with Crippen LogP contribution in [-0.4, -0.2) is 22.4 Å².